The van der Waals surface area contributed by atoms with Crippen molar-refractivity contribution in [2.75, 3.05) is 46.1 Å². The average Bonchev–Trinajstić information content (AvgIpc) is 2.79. The first-order chi connectivity index (χ1) is 9.51. The standard InChI is InChI=1S/C12H19N5O3/c1-15-3-5-16(6-4-15)10(18)8-17-7-9(13)11(14-17)12(19)20-2/h7H,3-6,8,13H2,1-2H3. The molecule has 0 saturated carbocycles. The van der Waals surface area contributed by atoms with E-state index in [1.54, 1.807) is 4.90 Å². The Morgan fingerprint density at radius 3 is 2.60 bits per heavy atom. The molecule has 2 rings (SSSR count). The number of nitrogen functional groups attached to an aromatic ring is 1. The molecule has 20 heavy (non-hydrogen) atoms. The molecule has 2 N–H and O–H groups in total. The molecule has 1 amide bonds. The van der Waals surface area contributed by atoms with Gasteiger partial charge in [0.05, 0.1) is 12.8 Å². The number of rotatable bonds is 3. The first kappa shape index (κ1) is 14.3. The highest BCUT2D eigenvalue weighted by Crippen LogP contribution is 2.10. The summed E-state index contributed by atoms with van der Waals surface area (Å²) in [6.45, 7) is 3.21. The summed E-state index contributed by atoms with van der Waals surface area (Å²) < 4.78 is 5.95. The molecular weight excluding hydrogens is 262 g/mol. The van der Waals surface area contributed by atoms with Crippen LogP contribution < -0.4 is 5.73 Å². The summed E-state index contributed by atoms with van der Waals surface area (Å²) in [5.41, 5.74) is 5.93. The van der Waals surface area contributed by atoms with Crippen LogP contribution in [0.3, 0.4) is 0 Å². The van der Waals surface area contributed by atoms with Gasteiger partial charge in [-0.3, -0.25) is 9.48 Å². The van der Waals surface area contributed by atoms with Gasteiger partial charge < -0.3 is 20.3 Å². The van der Waals surface area contributed by atoms with E-state index in [9.17, 15) is 9.59 Å². The van der Waals surface area contributed by atoms with Crippen LogP contribution in [0.25, 0.3) is 0 Å². The van der Waals surface area contributed by atoms with Gasteiger partial charge in [-0.1, -0.05) is 0 Å². The van der Waals surface area contributed by atoms with Crippen LogP contribution >= 0.6 is 0 Å². The number of hydrogen-bond acceptors (Lipinski definition) is 6. The number of nitrogens with zero attached hydrogens (tertiary/aromatic N) is 4. The predicted octanol–water partition coefficient (Wildman–Crippen LogP) is -0.974. The first-order valence-electron chi connectivity index (χ1n) is 6.39. The van der Waals surface area contributed by atoms with E-state index in [0.717, 1.165) is 13.1 Å². The number of likely N-dealkylation sites (N-methyl/N-ethyl adjacent to an activating group) is 1. The van der Waals surface area contributed by atoms with Crippen molar-refractivity contribution in [1.29, 1.82) is 0 Å². The second-order valence-electron chi connectivity index (χ2n) is 4.81. The largest absolute Gasteiger partial charge is 0.464 e. The van der Waals surface area contributed by atoms with Gasteiger partial charge in [0, 0.05) is 32.4 Å². The van der Waals surface area contributed by atoms with Crippen LogP contribution in [0.4, 0.5) is 5.69 Å². The maximum atomic E-state index is 12.1. The third-order valence-electron chi connectivity index (χ3n) is 3.32. The lowest BCUT2D eigenvalue weighted by Crippen LogP contribution is -2.48. The minimum Gasteiger partial charge on any atom is -0.464 e. The highest BCUT2D eigenvalue weighted by atomic mass is 16.5. The fraction of sp³-hybridized carbons (Fsp3) is 0.583. The van der Waals surface area contributed by atoms with Gasteiger partial charge >= 0.3 is 5.97 Å². The minimum atomic E-state index is -0.603. The summed E-state index contributed by atoms with van der Waals surface area (Å²) in [6, 6.07) is 0. The van der Waals surface area contributed by atoms with E-state index < -0.39 is 5.97 Å². The van der Waals surface area contributed by atoms with Crippen LogP contribution in [0.15, 0.2) is 6.20 Å². The van der Waals surface area contributed by atoms with E-state index in [1.807, 2.05) is 7.05 Å². The Labute approximate surface area is 117 Å². The molecule has 0 atom stereocenters. The lowest BCUT2D eigenvalue weighted by molar-refractivity contribution is -0.133. The van der Waals surface area contributed by atoms with Crippen LogP contribution in [0.5, 0.6) is 0 Å². The van der Waals surface area contributed by atoms with Crippen molar-refractivity contribution >= 4 is 17.6 Å². The zero-order valence-electron chi connectivity index (χ0n) is 11.7. The third-order valence-corrected chi connectivity index (χ3v) is 3.32. The molecule has 1 fully saturated rings. The number of nitrogens with two attached hydrogens (primary N) is 1. The molecule has 110 valence electrons. The summed E-state index contributed by atoms with van der Waals surface area (Å²) in [7, 11) is 3.29. The first-order valence-corrected chi connectivity index (χ1v) is 6.39. The molecule has 0 unspecified atom stereocenters. The lowest BCUT2D eigenvalue weighted by atomic mass is 10.3. The molecule has 1 aliphatic rings. The van der Waals surface area contributed by atoms with Gasteiger partial charge in [0.15, 0.2) is 5.69 Å². The van der Waals surface area contributed by atoms with Crippen molar-refractivity contribution in [3.63, 3.8) is 0 Å². The van der Waals surface area contributed by atoms with Crippen molar-refractivity contribution in [2.24, 2.45) is 0 Å². The fourth-order valence-electron chi connectivity index (χ4n) is 2.07. The molecule has 1 aromatic heterocycles. The number of carbonyl (C=O) groups is 2. The maximum Gasteiger partial charge on any atom is 0.360 e. The Bertz CT molecular complexity index is 505. The molecule has 1 aliphatic heterocycles. The smallest absolute Gasteiger partial charge is 0.360 e. The molecule has 8 heteroatoms. The zero-order chi connectivity index (χ0) is 14.7. The van der Waals surface area contributed by atoms with Gasteiger partial charge in [-0.2, -0.15) is 5.10 Å². The van der Waals surface area contributed by atoms with Crippen molar-refractivity contribution in [2.45, 2.75) is 6.54 Å². The highest BCUT2D eigenvalue weighted by molar-refractivity contribution is 5.92. The van der Waals surface area contributed by atoms with Crippen molar-refractivity contribution in [3.05, 3.63) is 11.9 Å². The molecule has 0 radical (unpaired) electrons. The van der Waals surface area contributed by atoms with Crippen molar-refractivity contribution in [3.8, 4) is 0 Å². The number of anilines is 1. The summed E-state index contributed by atoms with van der Waals surface area (Å²) >= 11 is 0. The maximum absolute atomic E-state index is 12.1. The second-order valence-corrected chi connectivity index (χ2v) is 4.81. The Morgan fingerprint density at radius 2 is 2.00 bits per heavy atom. The van der Waals surface area contributed by atoms with E-state index in [2.05, 4.69) is 14.7 Å². The van der Waals surface area contributed by atoms with Crippen LogP contribution in [0.2, 0.25) is 0 Å². The van der Waals surface area contributed by atoms with E-state index >= 15 is 0 Å². The molecule has 1 aromatic rings. The molecular formula is C12H19N5O3. The van der Waals surface area contributed by atoms with Gasteiger partial charge in [-0.05, 0) is 7.05 Å². The van der Waals surface area contributed by atoms with Gasteiger partial charge in [0.25, 0.3) is 0 Å². The summed E-state index contributed by atoms with van der Waals surface area (Å²) in [5.74, 6) is -0.634. The summed E-state index contributed by atoms with van der Waals surface area (Å²) in [6.07, 6.45) is 1.47. The molecule has 0 bridgehead atoms. The minimum absolute atomic E-state index is 0.0305. The summed E-state index contributed by atoms with van der Waals surface area (Å²) in [4.78, 5) is 27.5. The molecule has 0 aromatic carbocycles. The third kappa shape index (κ3) is 3.08. The number of ether oxygens (including phenoxy) is 1. The van der Waals surface area contributed by atoms with Gasteiger partial charge in [-0.25, -0.2) is 4.79 Å². The molecule has 8 nitrogen and oxygen atoms in total. The number of amides is 1. The zero-order valence-corrected chi connectivity index (χ0v) is 11.7. The Balaban J connectivity index is 1.99. The molecule has 0 spiro atoms. The number of piperazine rings is 1. The molecule has 0 aliphatic carbocycles. The molecule has 1 saturated heterocycles. The number of esters is 1. The van der Waals surface area contributed by atoms with E-state index in [1.165, 1.54) is 18.0 Å². The lowest BCUT2D eigenvalue weighted by Gasteiger charge is -2.32. The number of carbonyl (C=O) groups excluding carboxylic acids is 2. The Kier molecular flexibility index (Phi) is 4.23. The Hall–Kier alpha value is -2.09. The van der Waals surface area contributed by atoms with E-state index in [0.29, 0.717) is 13.1 Å². The predicted molar refractivity (Wildman–Crippen MR) is 72.1 cm³/mol. The van der Waals surface area contributed by atoms with E-state index in [4.69, 9.17) is 5.73 Å². The fourth-order valence-corrected chi connectivity index (χ4v) is 2.07. The number of methoxy groups -OCH3 is 1. The molecule has 2 heterocycles. The Morgan fingerprint density at radius 1 is 1.35 bits per heavy atom. The quantitative estimate of drug-likeness (QED) is 0.716. The average molecular weight is 281 g/mol. The topological polar surface area (TPSA) is 93.7 Å². The summed E-state index contributed by atoms with van der Waals surface area (Å²) in [5, 5.41) is 3.99. The van der Waals surface area contributed by atoms with Crippen LogP contribution in [0.1, 0.15) is 10.5 Å². The van der Waals surface area contributed by atoms with Gasteiger partial charge in [0.2, 0.25) is 5.91 Å². The second kappa shape index (κ2) is 5.91. The van der Waals surface area contributed by atoms with Crippen molar-refractivity contribution < 1.29 is 14.3 Å². The van der Waals surface area contributed by atoms with Crippen molar-refractivity contribution in [1.82, 2.24) is 19.6 Å². The van der Waals surface area contributed by atoms with Gasteiger partial charge in [0.1, 0.15) is 6.54 Å². The SMILES string of the molecule is COC(=O)c1nn(CC(=O)N2CCN(C)CC2)cc1N. The number of hydrogen-bond donors (Lipinski definition) is 1. The normalized spacial score (nSPS) is 16.2. The van der Waals surface area contributed by atoms with Crippen LogP contribution in [-0.4, -0.2) is 71.8 Å². The van der Waals surface area contributed by atoms with Crippen LogP contribution in [0, 0.1) is 0 Å². The number of aromatic nitrogens is 2. The monoisotopic (exact) mass is 281 g/mol. The highest BCUT2D eigenvalue weighted by Gasteiger charge is 2.21. The van der Waals surface area contributed by atoms with Crippen LogP contribution in [-0.2, 0) is 16.1 Å². The van der Waals surface area contributed by atoms with Gasteiger partial charge in [-0.15, -0.1) is 0 Å². The van der Waals surface area contributed by atoms with E-state index in [-0.39, 0.29) is 23.8 Å².